The maximum Gasteiger partial charge on any atom is 0.267 e. The monoisotopic (exact) mass is 319 g/mol. The van der Waals surface area contributed by atoms with Crippen LogP contribution >= 0.6 is 11.8 Å². The molecule has 1 aromatic rings. The minimum absolute atomic E-state index is 0.0942. The van der Waals surface area contributed by atoms with Gasteiger partial charge in [-0.15, -0.1) is 0 Å². The van der Waals surface area contributed by atoms with Crippen LogP contribution in [0.3, 0.4) is 0 Å². The standard InChI is InChI=1S/C17H25N3OS/c21-17-9-14-12-22-8-6-16(14)18-20(17)11-15-5-2-7-19(15)10-13-3-1-4-13/h9,13,15H,1-8,10-12H2. The molecule has 0 amide bonds. The van der Waals surface area contributed by atoms with Crippen molar-refractivity contribution in [2.75, 3.05) is 18.8 Å². The summed E-state index contributed by atoms with van der Waals surface area (Å²) in [6.07, 6.45) is 7.71. The molecule has 120 valence electrons. The number of nitrogens with zero attached hydrogens (tertiary/aromatic N) is 3. The van der Waals surface area contributed by atoms with Crippen LogP contribution in [0.25, 0.3) is 0 Å². The molecule has 1 unspecified atom stereocenters. The highest BCUT2D eigenvalue weighted by Gasteiger charge is 2.29. The van der Waals surface area contributed by atoms with Crippen molar-refractivity contribution < 1.29 is 0 Å². The van der Waals surface area contributed by atoms with Gasteiger partial charge in [-0.3, -0.25) is 9.69 Å². The van der Waals surface area contributed by atoms with Crippen LogP contribution in [0.4, 0.5) is 0 Å². The van der Waals surface area contributed by atoms with E-state index in [1.807, 2.05) is 17.8 Å². The molecule has 4 nitrogen and oxygen atoms in total. The minimum atomic E-state index is 0.0942. The third-order valence-corrected chi connectivity index (χ3v) is 6.51. The van der Waals surface area contributed by atoms with Gasteiger partial charge in [-0.1, -0.05) is 6.42 Å². The third kappa shape index (κ3) is 2.98. The number of thioether (sulfide) groups is 1. The van der Waals surface area contributed by atoms with Crippen LogP contribution in [0.2, 0.25) is 0 Å². The van der Waals surface area contributed by atoms with Gasteiger partial charge in [0.25, 0.3) is 5.56 Å². The normalized spacial score (nSPS) is 25.9. The van der Waals surface area contributed by atoms with E-state index in [4.69, 9.17) is 0 Å². The fourth-order valence-corrected chi connectivity index (χ4v) is 4.88. The summed E-state index contributed by atoms with van der Waals surface area (Å²) in [5.74, 6) is 3.00. The molecule has 0 N–H and O–H groups in total. The Bertz CT molecular complexity index is 596. The summed E-state index contributed by atoms with van der Waals surface area (Å²) < 4.78 is 1.75. The second-order valence-corrected chi connectivity index (χ2v) is 8.13. The molecule has 1 atom stereocenters. The van der Waals surface area contributed by atoms with E-state index in [2.05, 4.69) is 10.00 Å². The fraction of sp³-hybridized carbons (Fsp3) is 0.765. The van der Waals surface area contributed by atoms with E-state index in [1.54, 1.807) is 4.68 Å². The van der Waals surface area contributed by atoms with Gasteiger partial charge in [0.05, 0.1) is 12.2 Å². The van der Waals surface area contributed by atoms with Gasteiger partial charge >= 0.3 is 0 Å². The van der Waals surface area contributed by atoms with E-state index in [0.717, 1.165) is 41.6 Å². The average Bonchev–Trinajstić information content (AvgIpc) is 2.91. The Morgan fingerprint density at radius 1 is 1.23 bits per heavy atom. The first-order valence-corrected chi connectivity index (χ1v) is 9.87. The second-order valence-electron chi connectivity index (χ2n) is 7.03. The van der Waals surface area contributed by atoms with Crippen molar-refractivity contribution in [1.29, 1.82) is 0 Å². The van der Waals surface area contributed by atoms with Crippen LogP contribution in [-0.4, -0.2) is 39.6 Å². The maximum absolute atomic E-state index is 12.3. The van der Waals surface area contributed by atoms with Crippen molar-refractivity contribution in [3.63, 3.8) is 0 Å². The van der Waals surface area contributed by atoms with E-state index in [-0.39, 0.29) is 5.56 Å². The number of rotatable bonds is 4. The molecule has 1 aliphatic carbocycles. The zero-order chi connectivity index (χ0) is 14.9. The quantitative estimate of drug-likeness (QED) is 0.853. The molecule has 1 saturated carbocycles. The number of hydrogen-bond acceptors (Lipinski definition) is 4. The van der Waals surface area contributed by atoms with Crippen LogP contribution in [0, 0.1) is 5.92 Å². The summed E-state index contributed by atoms with van der Waals surface area (Å²) in [6.45, 7) is 3.23. The van der Waals surface area contributed by atoms with Crippen molar-refractivity contribution in [2.24, 2.45) is 5.92 Å². The van der Waals surface area contributed by atoms with Gasteiger partial charge < -0.3 is 0 Å². The molecule has 0 aromatic carbocycles. The van der Waals surface area contributed by atoms with Crippen molar-refractivity contribution in [1.82, 2.24) is 14.7 Å². The summed E-state index contributed by atoms with van der Waals surface area (Å²) >= 11 is 1.90. The molecule has 1 aromatic heterocycles. The van der Waals surface area contributed by atoms with Gasteiger partial charge in [0.15, 0.2) is 0 Å². The highest BCUT2D eigenvalue weighted by Crippen LogP contribution is 2.30. The largest absolute Gasteiger partial charge is 0.298 e. The predicted molar refractivity (Wildman–Crippen MR) is 90.3 cm³/mol. The maximum atomic E-state index is 12.3. The molecule has 3 aliphatic rings. The Balaban J connectivity index is 1.48. The van der Waals surface area contributed by atoms with E-state index in [1.165, 1.54) is 45.2 Å². The molecule has 0 spiro atoms. The molecule has 1 saturated heterocycles. The van der Waals surface area contributed by atoms with E-state index < -0.39 is 0 Å². The van der Waals surface area contributed by atoms with Gasteiger partial charge in [-0.05, 0) is 49.5 Å². The first-order valence-electron chi connectivity index (χ1n) is 8.71. The van der Waals surface area contributed by atoms with E-state index in [9.17, 15) is 4.79 Å². The Morgan fingerprint density at radius 3 is 2.95 bits per heavy atom. The Morgan fingerprint density at radius 2 is 2.14 bits per heavy atom. The lowest BCUT2D eigenvalue weighted by Gasteiger charge is -2.33. The Kier molecular flexibility index (Phi) is 4.27. The van der Waals surface area contributed by atoms with E-state index >= 15 is 0 Å². The molecule has 0 bridgehead atoms. The lowest BCUT2D eigenvalue weighted by Crippen LogP contribution is -2.41. The average molecular weight is 319 g/mol. The zero-order valence-corrected chi connectivity index (χ0v) is 14.0. The van der Waals surface area contributed by atoms with Crippen molar-refractivity contribution in [3.8, 4) is 0 Å². The summed E-state index contributed by atoms with van der Waals surface area (Å²) in [4.78, 5) is 15.0. The van der Waals surface area contributed by atoms with Gasteiger partial charge in [-0.2, -0.15) is 16.9 Å². The lowest BCUT2D eigenvalue weighted by molar-refractivity contribution is 0.153. The molecular weight excluding hydrogens is 294 g/mol. The predicted octanol–water partition coefficient (Wildman–Crippen LogP) is 2.30. The number of likely N-dealkylation sites (tertiary alicyclic amines) is 1. The van der Waals surface area contributed by atoms with Crippen molar-refractivity contribution >= 4 is 11.8 Å². The smallest absolute Gasteiger partial charge is 0.267 e. The Hall–Kier alpha value is -0.810. The minimum Gasteiger partial charge on any atom is -0.298 e. The summed E-state index contributed by atoms with van der Waals surface area (Å²) in [6, 6.07) is 2.35. The molecule has 3 heterocycles. The molecule has 4 rings (SSSR count). The molecular formula is C17H25N3OS. The topological polar surface area (TPSA) is 38.1 Å². The molecule has 0 radical (unpaired) electrons. The SMILES string of the molecule is O=c1cc2c(nn1CC1CCCN1CC1CCC1)CCSC2. The first-order chi connectivity index (χ1) is 10.8. The van der Waals surface area contributed by atoms with Gasteiger partial charge in [0, 0.05) is 30.8 Å². The number of aryl methyl sites for hydroxylation is 1. The highest BCUT2D eigenvalue weighted by atomic mass is 32.2. The van der Waals surface area contributed by atoms with Gasteiger partial charge in [0.2, 0.25) is 0 Å². The third-order valence-electron chi connectivity index (χ3n) is 5.51. The zero-order valence-electron chi connectivity index (χ0n) is 13.2. The van der Waals surface area contributed by atoms with Gasteiger partial charge in [0.1, 0.15) is 0 Å². The van der Waals surface area contributed by atoms with E-state index in [0.29, 0.717) is 6.04 Å². The molecule has 2 aliphatic heterocycles. The first kappa shape index (κ1) is 14.8. The fourth-order valence-electron chi connectivity index (χ4n) is 3.93. The lowest BCUT2D eigenvalue weighted by atomic mass is 9.85. The molecule has 5 heteroatoms. The van der Waals surface area contributed by atoms with Crippen molar-refractivity contribution in [2.45, 2.75) is 56.9 Å². The van der Waals surface area contributed by atoms with Gasteiger partial charge in [-0.25, -0.2) is 4.68 Å². The second kappa shape index (κ2) is 6.36. The van der Waals surface area contributed by atoms with Crippen LogP contribution < -0.4 is 5.56 Å². The number of aromatic nitrogens is 2. The van der Waals surface area contributed by atoms with Crippen LogP contribution in [0.1, 0.15) is 43.4 Å². The van der Waals surface area contributed by atoms with Crippen LogP contribution in [0.15, 0.2) is 10.9 Å². The summed E-state index contributed by atoms with van der Waals surface area (Å²) in [7, 11) is 0. The number of fused-ring (bicyclic) bond motifs is 1. The Labute approximate surface area is 136 Å². The highest BCUT2D eigenvalue weighted by molar-refractivity contribution is 7.98. The molecule has 2 fully saturated rings. The summed E-state index contributed by atoms with van der Waals surface area (Å²) in [5.41, 5.74) is 2.41. The van der Waals surface area contributed by atoms with Crippen LogP contribution in [-0.2, 0) is 18.7 Å². The molecule has 22 heavy (non-hydrogen) atoms. The van der Waals surface area contributed by atoms with Crippen LogP contribution in [0.5, 0.6) is 0 Å². The van der Waals surface area contributed by atoms with Crippen molar-refractivity contribution in [3.05, 3.63) is 27.7 Å². The number of hydrogen-bond donors (Lipinski definition) is 0. The summed E-state index contributed by atoms with van der Waals surface area (Å²) in [5, 5.41) is 4.69.